The Hall–Kier alpha value is -1.32. The summed E-state index contributed by atoms with van der Waals surface area (Å²) in [7, 11) is 1.62. The summed E-state index contributed by atoms with van der Waals surface area (Å²) in [6.07, 6.45) is 4.06. The molecule has 15 heavy (non-hydrogen) atoms. The van der Waals surface area contributed by atoms with Gasteiger partial charge in [0, 0.05) is 12.6 Å². The van der Waals surface area contributed by atoms with Gasteiger partial charge in [-0.3, -0.25) is 0 Å². The first kappa shape index (κ1) is 10.2. The third-order valence-corrected chi connectivity index (χ3v) is 2.82. The summed E-state index contributed by atoms with van der Waals surface area (Å²) in [6.45, 7) is 2.89. The van der Waals surface area contributed by atoms with Crippen LogP contribution in [0.4, 0.5) is 5.82 Å². The number of hydrogen-bond acceptors (Lipinski definition) is 4. The minimum atomic E-state index is 0.624. The minimum absolute atomic E-state index is 0.624. The van der Waals surface area contributed by atoms with Crippen molar-refractivity contribution in [2.75, 3.05) is 19.0 Å². The highest BCUT2D eigenvalue weighted by atomic mass is 16.5. The molecular formula is C11H17N3O. The molecule has 0 aliphatic heterocycles. The topological polar surface area (TPSA) is 47.0 Å². The van der Waals surface area contributed by atoms with E-state index in [4.69, 9.17) is 4.74 Å². The van der Waals surface area contributed by atoms with Crippen molar-refractivity contribution in [1.82, 2.24) is 9.97 Å². The van der Waals surface area contributed by atoms with Crippen molar-refractivity contribution in [3.63, 3.8) is 0 Å². The van der Waals surface area contributed by atoms with E-state index >= 15 is 0 Å². The summed E-state index contributed by atoms with van der Waals surface area (Å²) < 4.78 is 5.09. The molecule has 0 aromatic carbocycles. The lowest BCUT2D eigenvalue weighted by molar-refractivity contribution is 0.333. The smallest absolute Gasteiger partial charge is 0.218 e. The van der Waals surface area contributed by atoms with E-state index in [9.17, 15) is 0 Å². The molecule has 1 aliphatic rings. The number of ether oxygens (including phenoxy) is 1. The zero-order chi connectivity index (χ0) is 10.7. The maximum absolute atomic E-state index is 5.09. The molecule has 1 N–H and O–H groups in total. The van der Waals surface area contributed by atoms with Crippen LogP contribution in [0, 0.1) is 12.8 Å². The number of nitrogens with zero attached hydrogens (tertiary/aromatic N) is 2. The molecule has 0 atom stereocenters. The van der Waals surface area contributed by atoms with Gasteiger partial charge in [0.05, 0.1) is 7.11 Å². The quantitative estimate of drug-likeness (QED) is 0.820. The maximum Gasteiger partial charge on any atom is 0.218 e. The summed E-state index contributed by atoms with van der Waals surface area (Å²) in [5.74, 6) is 3.06. The van der Waals surface area contributed by atoms with E-state index in [2.05, 4.69) is 15.3 Å². The van der Waals surface area contributed by atoms with Crippen LogP contribution in [-0.2, 0) is 0 Å². The average molecular weight is 207 g/mol. The monoisotopic (exact) mass is 207 g/mol. The molecule has 1 saturated carbocycles. The van der Waals surface area contributed by atoms with E-state index < -0.39 is 0 Å². The molecule has 0 bridgehead atoms. The van der Waals surface area contributed by atoms with Crippen LogP contribution in [0.3, 0.4) is 0 Å². The fourth-order valence-electron chi connectivity index (χ4n) is 1.68. The number of rotatable bonds is 4. The summed E-state index contributed by atoms with van der Waals surface area (Å²) in [5.41, 5.74) is 0. The largest absolute Gasteiger partial charge is 0.481 e. The van der Waals surface area contributed by atoms with Gasteiger partial charge in [-0.05, 0) is 25.7 Å². The van der Waals surface area contributed by atoms with E-state index in [0.29, 0.717) is 5.88 Å². The van der Waals surface area contributed by atoms with E-state index in [1.165, 1.54) is 19.3 Å². The number of aryl methyl sites for hydroxylation is 1. The molecule has 1 fully saturated rings. The Balaban J connectivity index is 1.96. The lowest BCUT2D eigenvalue weighted by Gasteiger charge is -2.25. The zero-order valence-corrected chi connectivity index (χ0v) is 9.29. The maximum atomic E-state index is 5.09. The van der Waals surface area contributed by atoms with Gasteiger partial charge in [0.15, 0.2) is 0 Å². The van der Waals surface area contributed by atoms with Gasteiger partial charge in [0.1, 0.15) is 11.6 Å². The van der Waals surface area contributed by atoms with Crippen LogP contribution in [0.25, 0.3) is 0 Å². The van der Waals surface area contributed by atoms with Crippen LogP contribution in [0.5, 0.6) is 5.88 Å². The van der Waals surface area contributed by atoms with E-state index in [-0.39, 0.29) is 0 Å². The molecular weight excluding hydrogens is 190 g/mol. The van der Waals surface area contributed by atoms with Crippen LogP contribution in [0.2, 0.25) is 0 Å². The van der Waals surface area contributed by atoms with Gasteiger partial charge in [-0.25, -0.2) is 4.98 Å². The highest BCUT2D eigenvalue weighted by Crippen LogP contribution is 2.26. The predicted octanol–water partition coefficient (Wildman–Crippen LogP) is 2.01. The van der Waals surface area contributed by atoms with Crippen LogP contribution in [-0.4, -0.2) is 23.6 Å². The molecule has 1 aromatic rings. The standard InChI is InChI=1S/C11H17N3O/c1-8-13-10(6-11(14-8)15-2)12-7-9-4-3-5-9/h6,9H,3-5,7H2,1-2H3,(H,12,13,14). The summed E-state index contributed by atoms with van der Waals surface area (Å²) in [4.78, 5) is 8.45. The first-order chi connectivity index (χ1) is 7.28. The van der Waals surface area contributed by atoms with Crippen molar-refractivity contribution in [1.29, 1.82) is 0 Å². The van der Waals surface area contributed by atoms with E-state index in [1.54, 1.807) is 7.11 Å². The number of hydrogen-bond donors (Lipinski definition) is 1. The Bertz CT molecular complexity index is 337. The summed E-state index contributed by atoms with van der Waals surface area (Å²) in [5, 5.41) is 3.33. The van der Waals surface area contributed by atoms with Crippen molar-refractivity contribution in [2.45, 2.75) is 26.2 Å². The van der Waals surface area contributed by atoms with Gasteiger partial charge in [-0.15, -0.1) is 0 Å². The zero-order valence-electron chi connectivity index (χ0n) is 9.29. The summed E-state index contributed by atoms with van der Waals surface area (Å²) >= 11 is 0. The molecule has 0 unspecified atom stereocenters. The molecule has 0 spiro atoms. The second-order valence-corrected chi connectivity index (χ2v) is 4.02. The van der Waals surface area contributed by atoms with Crippen molar-refractivity contribution in [2.24, 2.45) is 5.92 Å². The van der Waals surface area contributed by atoms with Crippen LogP contribution >= 0.6 is 0 Å². The Morgan fingerprint density at radius 3 is 2.87 bits per heavy atom. The second-order valence-electron chi connectivity index (χ2n) is 4.02. The van der Waals surface area contributed by atoms with Crippen molar-refractivity contribution >= 4 is 5.82 Å². The molecule has 1 heterocycles. The summed E-state index contributed by atoms with van der Waals surface area (Å²) in [6, 6.07) is 1.84. The normalized spacial score (nSPS) is 15.9. The Morgan fingerprint density at radius 2 is 2.27 bits per heavy atom. The van der Waals surface area contributed by atoms with Crippen LogP contribution < -0.4 is 10.1 Å². The Kier molecular flexibility index (Phi) is 3.04. The van der Waals surface area contributed by atoms with Gasteiger partial charge in [-0.1, -0.05) is 6.42 Å². The van der Waals surface area contributed by atoms with Gasteiger partial charge < -0.3 is 10.1 Å². The van der Waals surface area contributed by atoms with Gasteiger partial charge in [0.2, 0.25) is 5.88 Å². The van der Waals surface area contributed by atoms with Crippen molar-refractivity contribution in [3.8, 4) is 5.88 Å². The molecule has 4 heteroatoms. The lowest BCUT2D eigenvalue weighted by Crippen LogP contribution is -2.21. The van der Waals surface area contributed by atoms with Crippen LogP contribution in [0.1, 0.15) is 25.1 Å². The van der Waals surface area contributed by atoms with Crippen molar-refractivity contribution < 1.29 is 4.74 Å². The lowest BCUT2D eigenvalue weighted by atomic mass is 9.85. The molecule has 0 radical (unpaired) electrons. The van der Waals surface area contributed by atoms with Gasteiger partial charge >= 0.3 is 0 Å². The third-order valence-electron chi connectivity index (χ3n) is 2.82. The average Bonchev–Trinajstić information content (AvgIpc) is 2.14. The van der Waals surface area contributed by atoms with Gasteiger partial charge in [0.25, 0.3) is 0 Å². The van der Waals surface area contributed by atoms with E-state index in [0.717, 1.165) is 24.1 Å². The highest BCUT2D eigenvalue weighted by molar-refractivity contribution is 5.38. The number of aromatic nitrogens is 2. The molecule has 0 saturated heterocycles. The Morgan fingerprint density at radius 1 is 1.47 bits per heavy atom. The molecule has 4 nitrogen and oxygen atoms in total. The number of nitrogens with one attached hydrogen (secondary N) is 1. The van der Waals surface area contributed by atoms with Crippen molar-refractivity contribution in [3.05, 3.63) is 11.9 Å². The van der Waals surface area contributed by atoms with Crippen LogP contribution in [0.15, 0.2) is 6.07 Å². The molecule has 1 aliphatic carbocycles. The molecule has 1 aromatic heterocycles. The SMILES string of the molecule is COc1cc(NCC2CCC2)nc(C)n1. The predicted molar refractivity (Wildman–Crippen MR) is 59.2 cm³/mol. The molecule has 2 rings (SSSR count). The number of methoxy groups -OCH3 is 1. The fraction of sp³-hybridized carbons (Fsp3) is 0.636. The minimum Gasteiger partial charge on any atom is -0.481 e. The second kappa shape index (κ2) is 4.47. The molecule has 82 valence electrons. The molecule has 0 amide bonds. The fourth-order valence-corrected chi connectivity index (χ4v) is 1.68. The Labute approximate surface area is 90.1 Å². The third kappa shape index (κ3) is 2.58. The van der Waals surface area contributed by atoms with Gasteiger partial charge in [-0.2, -0.15) is 4.98 Å². The number of anilines is 1. The van der Waals surface area contributed by atoms with E-state index in [1.807, 2.05) is 13.0 Å². The first-order valence-corrected chi connectivity index (χ1v) is 5.41. The first-order valence-electron chi connectivity index (χ1n) is 5.41. The highest BCUT2D eigenvalue weighted by Gasteiger charge is 2.17.